The number of nitrogens with one attached hydrogen (secondary N) is 1. The first-order chi connectivity index (χ1) is 10.4. The topological polar surface area (TPSA) is 125 Å². The second-order valence-corrected chi connectivity index (χ2v) is 6.29. The fourth-order valence-electron chi connectivity index (χ4n) is 1.92. The van der Waals surface area contributed by atoms with Gasteiger partial charge in [-0.3, -0.25) is 4.79 Å². The molecule has 3 N–H and O–H groups in total. The second kappa shape index (κ2) is 6.86. The summed E-state index contributed by atoms with van der Waals surface area (Å²) in [4.78, 5) is 23.1. The van der Waals surface area contributed by atoms with E-state index in [1.807, 2.05) is 0 Å². The monoisotopic (exact) mass is 328 g/mol. The SMILES string of the molecule is NS(=O)(=O)c1ccc(NC(=O)COC(=O)[C@H]2CCCO2)cc1. The maximum atomic E-state index is 11.6. The van der Waals surface area contributed by atoms with Crippen molar-refractivity contribution >= 4 is 27.6 Å². The number of anilines is 1. The van der Waals surface area contributed by atoms with Gasteiger partial charge in [0.05, 0.1) is 4.90 Å². The lowest BCUT2D eigenvalue weighted by Gasteiger charge is -2.10. The molecule has 9 heteroatoms. The van der Waals surface area contributed by atoms with Crippen molar-refractivity contribution in [1.82, 2.24) is 0 Å². The van der Waals surface area contributed by atoms with E-state index in [2.05, 4.69) is 5.32 Å². The number of esters is 1. The molecule has 1 saturated heterocycles. The number of ether oxygens (including phenoxy) is 2. The maximum absolute atomic E-state index is 11.6. The molecule has 0 saturated carbocycles. The third-order valence-electron chi connectivity index (χ3n) is 3.00. The molecule has 1 aromatic rings. The highest BCUT2D eigenvalue weighted by Crippen LogP contribution is 2.14. The normalized spacial score (nSPS) is 18.0. The third-order valence-corrected chi connectivity index (χ3v) is 3.93. The molecule has 1 aromatic carbocycles. The zero-order chi connectivity index (χ0) is 16.2. The average molecular weight is 328 g/mol. The van der Waals surface area contributed by atoms with Crippen LogP contribution in [0.4, 0.5) is 5.69 Å². The third kappa shape index (κ3) is 4.52. The molecule has 0 unspecified atom stereocenters. The van der Waals surface area contributed by atoms with Crippen molar-refractivity contribution < 1.29 is 27.5 Å². The van der Waals surface area contributed by atoms with Gasteiger partial charge in [-0.15, -0.1) is 0 Å². The minimum Gasteiger partial charge on any atom is -0.454 e. The molecule has 0 aromatic heterocycles. The van der Waals surface area contributed by atoms with Gasteiger partial charge < -0.3 is 14.8 Å². The molecule has 8 nitrogen and oxygen atoms in total. The summed E-state index contributed by atoms with van der Waals surface area (Å²) in [5.41, 5.74) is 0.366. The van der Waals surface area contributed by atoms with Crippen LogP contribution in [0.3, 0.4) is 0 Å². The number of hydrogen-bond donors (Lipinski definition) is 2. The number of nitrogens with two attached hydrogens (primary N) is 1. The Kier molecular flexibility index (Phi) is 5.11. The predicted octanol–water partition coefficient (Wildman–Crippen LogP) is -0.00530. The van der Waals surface area contributed by atoms with Gasteiger partial charge in [0.2, 0.25) is 10.0 Å². The van der Waals surface area contributed by atoms with E-state index in [1.54, 1.807) is 0 Å². The number of hydrogen-bond acceptors (Lipinski definition) is 6. The first-order valence-electron chi connectivity index (χ1n) is 6.57. The molecule has 1 aliphatic rings. The fourth-order valence-corrected chi connectivity index (χ4v) is 2.43. The average Bonchev–Trinajstić information content (AvgIpc) is 2.98. The van der Waals surface area contributed by atoms with Crippen LogP contribution in [0, 0.1) is 0 Å². The van der Waals surface area contributed by atoms with Crippen molar-refractivity contribution in [2.75, 3.05) is 18.5 Å². The summed E-state index contributed by atoms with van der Waals surface area (Å²) in [7, 11) is -3.77. The van der Waals surface area contributed by atoms with Crippen molar-refractivity contribution in [2.24, 2.45) is 5.14 Å². The molecular formula is C13H16N2O6S. The number of carbonyl (C=O) groups is 2. The Bertz CT molecular complexity index is 650. The number of sulfonamides is 1. The summed E-state index contributed by atoms with van der Waals surface area (Å²) in [6, 6.07) is 5.31. The summed E-state index contributed by atoms with van der Waals surface area (Å²) in [5, 5.41) is 7.44. The lowest BCUT2D eigenvalue weighted by Crippen LogP contribution is -2.27. The Morgan fingerprint density at radius 2 is 2.00 bits per heavy atom. The van der Waals surface area contributed by atoms with Gasteiger partial charge in [-0.25, -0.2) is 18.4 Å². The molecule has 0 aliphatic carbocycles. The number of amides is 1. The Labute approximate surface area is 127 Å². The van der Waals surface area contributed by atoms with E-state index in [4.69, 9.17) is 14.6 Å². The van der Waals surface area contributed by atoms with Crippen molar-refractivity contribution in [2.45, 2.75) is 23.8 Å². The standard InChI is InChI=1S/C13H16N2O6S/c14-22(18,19)10-5-3-9(4-6-10)15-12(16)8-21-13(17)11-2-1-7-20-11/h3-6,11H,1-2,7-8H2,(H,15,16)(H2,14,18,19)/t11-/m1/s1. The first-order valence-corrected chi connectivity index (χ1v) is 8.12. The van der Waals surface area contributed by atoms with Crippen molar-refractivity contribution in [3.8, 4) is 0 Å². The highest BCUT2D eigenvalue weighted by molar-refractivity contribution is 7.89. The molecule has 0 spiro atoms. The van der Waals surface area contributed by atoms with E-state index >= 15 is 0 Å². The molecule has 1 amide bonds. The minimum absolute atomic E-state index is 0.0599. The number of benzene rings is 1. The number of carbonyl (C=O) groups excluding carboxylic acids is 2. The zero-order valence-corrected chi connectivity index (χ0v) is 12.5. The summed E-state index contributed by atoms with van der Waals surface area (Å²) in [5.74, 6) is -1.09. The van der Waals surface area contributed by atoms with Crippen LogP contribution >= 0.6 is 0 Å². The van der Waals surface area contributed by atoms with Crippen LogP contribution < -0.4 is 10.5 Å². The van der Waals surface area contributed by atoms with E-state index in [-0.39, 0.29) is 4.90 Å². The summed E-state index contributed by atoms with van der Waals surface area (Å²) >= 11 is 0. The second-order valence-electron chi connectivity index (χ2n) is 4.73. The van der Waals surface area contributed by atoms with Crippen LogP contribution in [-0.2, 0) is 29.1 Å². The quantitative estimate of drug-likeness (QED) is 0.733. The van der Waals surface area contributed by atoms with Crippen molar-refractivity contribution in [1.29, 1.82) is 0 Å². The lowest BCUT2D eigenvalue weighted by molar-refractivity contribution is -0.156. The van der Waals surface area contributed by atoms with Crippen LogP contribution in [0.1, 0.15) is 12.8 Å². The maximum Gasteiger partial charge on any atom is 0.335 e. The van der Waals surface area contributed by atoms with E-state index < -0.39 is 34.6 Å². The summed E-state index contributed by atoms with van der Waals surface area (Å²) in [6.45, 7) is 0.0813. The molecule has 1 aliphatic heterocycles. The highest BCUT2D eigenvalue weighted by atomic mass is 32.2. The predicted molar refractivity (Wildman–Crippen MR) is 76.4 cm³/mol. The van der Waals surface area contributed by atoms with Gasteiger partial charge in [-0.2, -0.15) is 0 Å². The largest absolute Gasteiger partial charge is 0.454 e. The fraction of sp³-hybridized carbons (Fsp3) is 0.385. The van der Waals surface area contributed by atoms with Crippen LogP contribution in [0.25, 0.3) is 0 Å². The number of primary sulfonamides is 1. The highest BCUT2D eigenvalue weighted by Gasteiger charge is 2.25. The molecule has 1 heterocycles. The van der Waals surface area contributed by atoms with Crippen LogP contribution in [0.2, 0.25) is 0 Å². The molecule has 120 valence electrons. The zero-order valence-electron chi connectivity index (χ0n) is 11.7. The Morgan fingerprint density at radius 3 is 2.55 bits per heavy atom. The van der Waals surface area contributed by atoms with Crippen molar-refractivity contribution in [3.63, 3.8) is 0 Å². The van der Waals surface area contributed by atoms with Gasteiger partial charge >= 0.3 is 5.97 Å². The Morgan fingerprint density at radius 1 is 1.32 bits per heavy atom. The molecule has 22 heavy (non-hydrogen) atoms. The number of rotatable bonds is 5. The van der Waals surface area contributed by atoms with Crippen LogP contribution in [-0.4, -0.2) is 39.6 Å². The van der Waals surface area contributed by atoms with Gasteiger partial charge in [0, 0.05) is 12.3 Å². The Balaban J connectivity index is 1.83. The first kappa shape index (κ1) is 16.4. The van der Waals surface area contributed by atoms with E-state index in [0.29, 0.717) is 18.7 Å². The molecular weight excluding hydrogens is 312 g/mol. The molecule has 0 radical (unpaired) electrons. The smallest absolute Gasteiger partial charge is 0.335 e. The molecule has 1 fully saturated rings. The van der Waals surface area contributed by atoms with Gasteiger partial charge in [0.15, 0.2) is 12.7 Å². The van der Waals surface area contributed by atoms with Gasteiger partial charge in [0.25, 0.3) is 5.91 Å². The van der Waals surface area contributed by atoms with E-state index in [1.165, 1.54) is 24.3 Å². The minimum atomic E-state index is -3.77. The van der Waals surface area contributed by atoms with Crippen LogP contribution in [0.15, 0.2) is 29.2 Å². The summed E-state index contributed by atoms with van der Waals surface area (Å²) < 4.78 is 32.2. The van der Waals surface area contributed by atoms with Gasteiger partial charge in [0.1, 0.15) is 0 Å². The molecule has 0 bridgehead atoms. The van der Waals surface area contributed by atoms with E-state index in [0.717, 1.165) is 6.42 Å². The lowest BCUT2D eigenvalue weighted by atomic mass is 10.2. The van der Waals surface area contributed by atoms with E-state index in [9.17, 15) is 18.0 Å². The summed E-state index contributed by atoms with van der Waals surface area (Å²) in [6.07, 6.45) is 0.791. The molecule has 1 atom stereocenters. The van der Waals surface area contributed by atoms with Crippen molar-refractivity contribution in [3.05, 3.63) is 24.3 Å². The molecule has 2 rings (SSSR count). The van der Waals surface area contributed by atoms with Gasteiger partial charge in [-0.1, -0.05) is 0 Å². The Hall–Kier alpha value is -1.97. The van der Waals surface area contributed by atoms with Crippen LogP contribution in [0.5, 0.6) is 0 Å². The van der Waals surface area contributed by atoms with Gasteiger partial charge in [-0.05, 0) is 37.1 Å².